The number of para-hydroxylation sites is 1. The van der Waals surface area contributed by atoms with Crippen molar-refractivity contribution in [1.29, 1.82) is 0 Å². The van der Waals surface area contributed by atoms with Crippen LogP contribution >= 0.6 is 11.3 Å². The average molecular weight is 460 g/mol. The van der Waals surface area contributed by atoms with E-state index in [0.29, 0.717) is 22.9 Å². The first kappa shape index (κ1) is 21.7. The van der Waals surface area contributed by atoms with Crippen LogP contribution in [0.3, 0.4) is 0 Å². The largest absolute Gasteiger partial charge is 0.349 e. The third-order valence-corrected chi connectivity index (χ3v) is 7.49. The van der Waals surface area contributed by atoms with Gasteiger partial charge in [0, 0.05) is 34.1 Å². The van der Waals surface area contributed by atoms with Gasteiger partial charge in [0.2, 0.25) is 0 Å². The van der Waals surface area contributed by atoms with Crippen LogP contribution in [0.15, 0.2) is 65.6 Å². The minimum absolute atomic E-state index is 0.0370. The summed E-state index contributed by atoms with van der Waals surface area (Å²) in [7, 11) is 0. The summed E-state index contributed by atoms with van der Waals surface area (Å²) in [5.41, 5.74) is 6.07. The maximum absolute atomic E-state index is 14.2. The molecule has 1 aliphatic carbocycles. The van der Waals surface area contributed by atoms with Crippen molar-refractivity contribution >= 4 is 28.1 Å². The van der Waals surface area contributed by atoms with E-state index in [1.807, 2.05) is 47.3 Å². The monoisotopic (exact) mass is 459 g/mol. The molecule has 168 valence electrons. The van der Waals surface area contributed by atoms with Gasteiger partial charge in [-0.1, -0.05) is 24.3 Å². The highest BCUT2D eigenvalue weighted by Crippen LogP contribution is 2.39. The van der Waals surface area contributed by atoms with Crippen LogP contribution in [0, 0.1) is 11.7 Å². The van der Waals surface area contributed by atoms with E-state index in [1.54, 1.807) is 23.6 Å². The zero-order valence-corrected chi connectivity index (χ0v) is 19.3. The molecule has 6 heteroatoms. The summed E-state index contributed by atoms with van der Waals surface area (Å²) < 4.78 is 14.2. The standard InChI is InChI=1S/C27H26FN3OS/c1-17(31-27(32)21-11-9-20(10-12-21)25-15-33-16-30-25)18-5-7-19(8-6-18)22-13-14-29-26-23(22)3-2-4-24(26)28/h2-4,9-19H,5-8H2,1H3,(H,31,32)/t17-,18?,19?/m1/s1. The Morgan fingerprint density at radius 2 is 1.85 bits per heavy atom. The molecule has 5 rings (SSSR count). The molecular formula is C27H26FN3OS. The minimum atomic E-state index is -0.265. The van der Waals surface area contributed by atoms with Gasteiger partial charge in [0.05, 0.1) is 11.2 Å². The molecule has 1 N–H and O–H groups in total. The number of carbonyl (C=O) groups is 1. The molecule has 0 unspecified atom stereocenters. The van der Waals surface area contributed by atoms with E-state index in [4.69, 9.17) is 0 Å². The molecule has 2 aromatic heterocycles. The van der Waals surface area contributed by atoms with Gasteiger partial charge in [-0.3, -0.25) is 9.78 Å². The lowest BCUT2D eigenvalue weighted by Crippen LogP contribution is -2.39. The van der Waals surface area contributed by atoms with Crippen LogP contribution in [-0.4, -0.2) is 21.9 Å². The number of fused-ring (bicyclic) bond motifs is 1. The van der Waals surface area contributed by atoms with Crippen molar-refractivity contribution in [2.45, 2.75) is 44.6 Å². The van der Waals surface area contributed by atoms with Crippen molar-refractivity contribution in [1.82, 2.24) is 15.3 Å². The molecule has 1 aliphatic rings. The fourth-order valence-corrected chi connectivity index (χ4v) is 5.56. The molecule has 4 nitrogen and oxygen atoms in total. The Balaban J connectivity index is 1.20. The highest BCUT2D eigenvalue weighted by molar-refractivity contribution is 7.07. The summed E-state index contributed by atoms with van der Waals surface area (Å²) in [6.07, 6.45) is 5.85. The average Bonchev–Trinajstić information content (AvgIpc) is 3.39. The fraction of sp³-hybridized carbons (Fsp3) is 0.296. The summed E-state index contributed by atoms with van der Waals surface area (Å²) in [5, 5.41) is 6.12. The fourth-order valence-electron chi connectivity index (χ4n) is 5.00. The summed E-state index contributed by atoms with van der Waals surface area (Å²) in [6.45, 7) is 2.10. The molecule has 0 bridgehead atoms. The number of nitrogens with one attached hydrogen (secondary N) is 1. The van der Waals surface area contributed by atoms with E-state index in [0.717, 1.165) is 42.3 Å². The van der Waals surface area contributed by atoms with E-state index < -0.39 is 0 Å². The van der Waals surface area contributed by atoms with Gasteiger partial charge in [0.1, 0.15) is 11.3 Å². The van der Waals surface area contributed by atoms with Crippen molar-refractivity contribution in [3.8, 4) is 11.3 Å². The number of halogens is 1. The molecule has 2 aromatic carbocycles. The maximum Gasteiger partial charge on any atom is 0.251 e. The molecule has 0 aliphatic heterocycles. The molecule has 1 fully saturated rings. The van der Waals surface area contributed by atoms with Crippen molar-refractivity contribution in [2.24, 2.45) is 5.92 Å². The van der Waals surface area contributed by atoms with Crippen molar-refractivity contribution < 1.29 is 9.18 Å². The van der Waals surface area contributed by atoms with Crippen LogP contribution < -0.4 is 5.32 Å². The number of carbonyl (C=O) groups excluding carboxylic acids is 1. The molecule has 33 heavy (non-hydrogen) atoms. The SMILES string of the molecule is C[C@@H](NC(=O)c1ccc(-c2cscn2)cc1)C1CCC(c2ccnc3c(F)cccc23)CC1. The van der Waals surface area contributed by atoms with Gasteiger partial charge in [-0.05, 0) is 74.3 Å². The van der Waals surface area contributed by atoms with Crippen LogP contribution in [0.4, 0.5) is 4.39 Å². The van der Waals surface area contributed by atoms with E-state index in [9.17, 15) is 9.18 Å². The van der Waals surface area contributed by atoms with Crippen LogP contribution in [0.2, 0.25) is 0 Å². The third-order valence-electron chi connectivity index (χ3n) is 6.91. The van der Waals surface area contributed by atoms with Crippen LogP contribution in [0.25, 0.3) is 22.2 Å². The van der Waals surface area contributed by atoms with Crippen LogP contribution in [0.1, 0.15) is 54.4 Å². The van der Waals surface area contributed by atoms with Crippen LogP contribution in [0.5, 0.6) is 0 Å². The molecule has 1 amide bonds. The lowest BCUT2D eigenvalue weighted by Gasteiger charge is -2.33. The minimum Gasteiger partial charge on any atom is -0.349 e. The van der Waals surface area contributed by atoms with Crippen molar-refractivity contribution in [3.05, 3.63) is 82.6 Å². The first-order chi connectivity index (χ1) is 16.1. The third kappa shape index (κ3) is 4.53. The molecular weight excluding hydrogens is 433 g/mol. The lowest BCUT2D eigenvalue weighted by molar-refractivity contribution is 0.0918. The van der Waals surface area contributed by atoms with Gasteiger partial charge >= 0.3 is 0 Å². The van der Waals surface area contributed by atoms with Gasteiger partial charge in [0.25, 0.3) is 5.91 Å². The number of hydrogen-bond donors (Lipinski definition) is 1. The summed E-state index contributed by atoms with van der Waals surface area (Å²) in [4.78, 5) is 21.3. The second-order valence-corrected chi connectivity index (χ2v) is 9.58. The number of hydrogen-bond acceptors (Lipinski definition) is 4. The Labute approximate surface area is 196 Å². The Hall–Kier alpha value is -3.12. The normalized spacial score (nSPS) is 19.3. The first-order valence-corrected chi connectivity index (χ1v) is 12.4. The van der Waals surface area contributed by atoms with Crippen LogP contribution in [-0.2, 0) is 0 Å². The highest BCUT2D eigenvalue weighted by Gasteiger charge is 2.28. The maximum atomic E-state index is 14.2. The summed E-state index contributed by atoms with van der Waals surface area (Å²) >= 11 is 1.56. The van der Waals surface area contributed by atoms with Crippen molar-refractivity contribution in [3.63, 3.8) is 0 Å². The second kappa shape index (κ2) is 9.40. The van der Waals surface area contributed by atoms with Gasteiger partial charge in [-0.15, -0.1) is 11.3 Å². The predicted molar refractivity (Wildman–Crippen MR) is 131 cm³/mol. The Morgan fingerprint density at radius 3 is 2.58 bits per heavy atom. The molecule has 4 aromatic rings. The Kier molecular flexibility index (Phi) is 6.18. The van der Waals surface area contributed by atoms with Crippen molar-refractivity contribution in [2.75, 3.05) is 0 Å². The lowest BCUT2D eigenvalue weighted by atomic mass is 9.75. The molecule has 0 radical (unpaired) electrons. The van der Waals surface area contributed by atoms with E-state index >= 15 is 0 Å². The second-order valence-electron chi connectivity index (χ2n) is 8.86. The Bertz CT molecular complexity index is 1250. The zero-order chi connectivity index (χ0) is 22.8. The first-order valence-electron chi connectivity index (χ1n) is 11.4. The number of pyridine rings is 1. The summed E-state index contributed by atoms with van der Waals surface area (Å²) in [5.74, 6) is 0.531. The number of nitrogens with zero attached hydrogens (tertiary/aromatic N) is 2. The number of rotatable bonds is 5. The number of thiazole rings is 1. The number of benzene rings is 2. The quantitative estimate of drug-likeness (QED) is 0.366. The number of aromatic nitrogens is 2. The molecule has 2 heterocycles. The molecule has 1 saturated carbocycles. The van der Waals surface area contributed by atoms with E-state index in [1.165, 1.54) is 11.6 Å². The Morgan fingerprint density at radius 1 is 1.06 bits per heavy atom. The highest BCUT2D eigenvalue weighted by atomic mass is 32.1. The van der Waals surface area contributed by atoms with E-state index in [2.05, 4.69) is 22.2 Å². The van der Waals surface area contributed by atoms with Gasteiger partial charge < -0.3 is 5.32 Å². The molecule has 0 spiro atoms. The van der Waals surface area contributed by atoms with Gasteiger partial charge in [-0.25, -0.2) is 9.37 Å². The molecule has 1 atom stereocenters. The number of amides is 1. The smallest absolute Gasteiger partial charge is 0.251 e. The summed E-state index contributed by atoms with van der Waals surface area (Å²) in [6, 6.07) is 14.9. The molecule has 0 saturated heterocycles. The van der Waals surface area contributed by atoms with E-state index in [-0.39, 0.29) is 17.8 Å². The topological polar surface area (TPSA) is 54.9 Å². The zero-order valence-electron chi connectivity index (χ0n) is 18.5. The van der Waals surface area contributed by atoms with Gasteiger partial charge in [0.15, 0.2) is 0 Å². The predicted octanol–water partition coefficient (Wildman–Crippen LogP) is 6.59. The van der Waals surface area contributed by atoms with Gasteiger partial charge in [-0.2, -0.15) is 0 Å².